The third-order valence-corrected chi connectivity index (χ3v) is 1.88. The predicted molar refractivity (Wildman–Crippen MR) is 46.2 cm³/mol. The summed E-state index contributed by atoms with van der Waals surface area (Å²) < 4.78 is 25.5. The van der Waals surface area contributed by atoms with Gasteiger partial charge in [0.2, 0.25) is 0 Å². The summed E-state index contributed by atoms with van der Waals surface area (Å²) >= 11 is 0. The van der Waals surface area contributed by atoms with Crippen LogP contribution in [0, 0.1) is 11.6 Å². The van der Waals surface area contributed by atoms with E-state index in [9.17, 15) is 13.9 Å². The standard InChI is InChI=1S/C10H12F2O/c1-2-3-10(13)8-5-4-7(11)6-9(8)12/h4-6,10,13H,2-3H2,1H3. The summed E-state index contributed by atoms with van der Waals surface area (Å²) in [4.78, 5) is 0. The van der Waals surface area contributed by atoms with Gasteiger partial charge in [-0.05, 0) is 12.5 Å². The molecule has 13 heavy (non-hydrogen) atoms. The fourth-order valence-corrected chi connectivity index (χ4v) is 1.20. The molecular formula is C10H12F2O. The number of hydrogen-bond acceptors (Lipinski definition) is 1. The molecule has 0 spiro atoms. The van der Waals surface area contributed by atoms with Crippen molar-refractivity contribution in [3.63, 3.8) is 0 Å². The van der Waals surface area contributed by atoms with Crippen LogP contribution in [0.1, 0.15) is 31.4 Å². The van der Waals surface area contributed by atoms with E-state index in [-0.39, 0.29) is 5.56 Å². The SMILES string of the molecule is CCCC(O)c1ccc(F)cc1F. The number of aliphatic hydroxyl groups is 1. The molecule has 0 aromatic heterocycles. The molecule has 1 atom stereocenters. The van der Waals surface area contributed by atoms with Crippen molar-refractivity contribution in [3.05, 3.63) is 35.4 Å². The van der Waals surface area contributed by atoms with Gasteiger partial charge < -0.3 is 5.11 Å². The molecule has 0 amide bonds. The zero-order valence-electron chi connectivity index (χ0n) is 7.43. The fraction of sp³-hybridized carbons (Fsp3) is 0.400. The number of rotatable bonds is 3. The maximum atomic E-state index is 13.0. The molecule has 72 valence electrons. The summed E-state index contributed by atoms with van der Waals surface area (Å²) in [5.41, 5.74) is 0.170. The van der Waals surface area contributed by atoms with Gasteiger partial charge in [0.25, 0.3) is 0 Å². The van der Waals surface area contributed by atoms with Crippen LogP contribution in [0.2, 0.25) is 0 Å². The molecule has 0 saturated carbocycles. The minimum Gasteiger partial charge on any atom is -0.388 e. The number of hydrogen-bond donors (Lipinski definition) is 1. The second-order valence-electron chi connectivity index (χ2n) is 2.97. The summed E-state index contributed by atoms with van der Waals surface area (Å²) in [7, 11) is 0. The maximum Gasteiger partial charge on any atom is 0.131 e. The van der Waals surface area contributed by atoms with E-state index in [2.05, 4.69) is 0 Å². The second kappa shape index (κ2) is 4.33. The topological polar surface area (TPSA) is 20.2 Å². The number of benzene rings is 1. The minimum atomic E-state index is -0.828. The summed E-state index contributed by atoms with van der Waals surface area (Å²) in [6.45, 7) is 1.89. The van der Waals surface area contributed by atoms with E-state index in [1.807, 2.05) is 6.92 Å². The van der Waals surface area contributed by atoms with Gasteiger partial charge in [0, 0.05) is 11.6 Å². The zero-order chi connectivity index (χ0) is 9.84. The highest BCUT2D eigenvalue weighted by molar-refractivity contribution is 5.20. The van der Waals surface area contributed by atoms with Gasteiger partial charge in [-0.15, -0.1) is 0 Å². The molecule has 0 radical (unpaired) electrons. The van der Waals surface area contributed by atoms with Crippen LogP contribution in [0.25, 0.3) is 0 Å². The molecule has 1 aromatic carbocycles. The lowest BCUT2D eigenvalue weighted by Gasteiger charge is -2.10. The van der Waals surface area contributed by atoms with Crippen molar-refractivity contribution >= 4 is 0 Å². The molecule has 0 fully saturated rings. The summed E-state index contributed by atoms with van der Waals surface area (Å²) in [6, 6.07) is 3.22. The molecule has 1 unspecified atom stereocenters. The van der Waals surface area contributed by atoms with Crippen molar-refractivity contribution in [2.24, 2.45) is 0 Å². The van der Waals surface area contributed by atoms with Crippen molar-refractivity contribution in [2.75, 3.05) is 0 Å². The molecule has 1 aromatic rings. The Bertz CT molecular complexity index is 286. The van der Waals surface area contributed by atoms with Crippen LogP contribution < -0.4 is 0 Å². The molecule has 3 heteroatoms. The van der Waals surface area contributed by atoms with Gasteiger partial charge in [-0.25, -0.2) is 8.78 Å². The monoisotopic (exact) mass is 186 g/mol. The Labute approximate surface area is 76.0 Å². The van der Waals surface area contributed by atoms with E-state index >= 15 is 0 Å². The molecule has 0 bridgehead atoms. The average Bonchev–Trinajstić information content (AvgIpc) is 2.04. The largest absolute Gasteiger partial charge is 0.388 e. The predicted octanol–water partition coefficient (Wildman–Crippen LogP) is 2.80. The third-order valence-electron chi connectivity index (χ3n) is 1.88. The van der Waals surface area contributed by atoms with Crippen LogP contribution in [0.3, 0.4) is 0 Å². The molecule has 0 heterocycles. The third kappa shape index (κ3) is 2.49. The highest BCUT2D eigenvalue weighted by Gasteiger charge is 2.11. The fourth-order valence-electron chi connectivity index (χ4n) is 1.20. The maximum absolute atomic E-state index is 13.0. The summed E-state index contributed by atoms with van der Waals surface area (Å²) in [5.74, 6) is -1.30. The van der Waals surface area contributed by atoms with E-state index in [0.29, 0.717) is 6.42 Å². The van der Waals surface area contributed by atoms with Gasteiger partial charge in [-0.2, -0.15) is 0 Å². The average molecular weight is 186 g/mol. The van der Waals surface area contributed by atoms with E-state index in [1.54, 1.807) is 0 Å². The Morgan fingerprint density at radius 1 is 1.38 bits per heavy atom. The van der Waals surface area contributed by atoms with Crippen molar-refractivity contribution < 1.29 is 13.9 Å². The van der Waals surface area contributed by atoms with Crippen molar-refractivity contribution in [2.45, 2.75) is 25.9 Å². The van der Waals surface area contributed by atoms with E-state index in [1.165, 1.54) is 6.07 Å². The van der Waals surface area contributed by atoms with Gasteiger partial charge in [-0.1, -0.05) is 19.4 Å². The Morgan fingerprint density at radius 2 is 2.08 bits per heavy atom. The van der Waals surface area contributed by atoms with Crippen LogP contribution >= 0.6 is 0 Å². The smallest absolute Gasteiger partial charge is 0.131 e. The lowest BCUT2D eigenvalue weighted by Crippen LogP contribution is -2.00. The quantitative estimate of drug-likeness (QED) is 0.769. The van der Waals surface area contributed by atoms with E-state index in [0.717, 1.165) is 18.6 Å². The molecule has 1 N–H and O–H groups in total. The van der Waals surface area contributed by atoms with Crippen LogP contribution in [0.4, 0.5) is 8.78 Å². The van der Waals surface area contributed by atoms with Crippen LogP contribution in [0.15, 0.2) is 18.2 Å². The van der Waals surface area contributed by atoms with Gasteiger partial charge in [0.05, 0.1) is 6.10 Å². The first-order valence-electron chi connectivity index (χ1n) is 4.28. The summed E-state index contributed by atoms with van der Waals surface area (Å²) in [5, 5.41) is 9.43. The number of aliphatic hydroxyl groups excluding tert-OH is 1. The molecule has 0 aliphatic rings. The van der Waals surface area contributed by atoms with Gasteiger partial charge >= 0.3 is 0 Å². The zero-order valence-corrected chi connectivity index (χ0v) is 7.43. The highest BCUT2D eigenvalue weighted by atomic mass is 19.1. The molecule has 1 rings (SSSR count). The molecule has 0 saturated heterocycles. The first-order valence-corrected chi connectivity index (χ1v) is 4.28. The first-order chi connectivity index (χ1) is 6.15. The lowest BCUT2D eigenvalue weighted by atomic mass is 10.0. The highest BCUT2D eigenvalue weighted by Crippen LogP contribution is 2.21. The normalized spacial score (nSPS) is 12.9. The second-order valence-corrected chi connectivity index (χ2v) is 2.97. The Balaban J connectivity index is 2.88. The van der Waals surface area contributed by atoms with Crippen LogP contribution in [0.5, 0.6) is 0 Å². The Morgan fingerprint density at radius 3 is 2.62 bits per heavy atom. The molecule has 1 nitrogen and oxygen atoms in total. The van der Waals surface area contributed by atoms with E-state index in [4.69, 9.17) is 0 Å². The summed E-state index contributed by atoms with van der Waals surface area (Å²) in [6.07, 6.45) is 0.422. The van der Waals surface area contributed by atoms with Crippen LogP contribution in [-0.2, 0) is 0 Å². The van der Waals surface area contributed by atoms with Gasteiger partial charge in [0.15, 0.2) is 0 Å². The molecular weight excluding hydrogens is 174 g/mol. The van der Waals surface area contributed by atoms with Crippen molar-refractivity contribution in [3.8, 4) is 0 Å². The number of halogens is 2. The van der Waals surface area contributed by atoms with Gasteiger partial charge in [-0.3, -0.25) is 0 Å². The van der Waals surface area contributed by atoms with E-state index < -0.39 is 17.7 Å². The van der Waals surface area contributed by atoms with Crippen molar-refractivity contribution in [1.29, 1.82) is 0 Å². The van der Waals surface area contributed by atoms with Gasteiger partial charge in [0.1, 0.15) is 11.6 Å². The van der Waals surface area contributed by atoms with Crippen LogP contribution in [-0.4, -0.2) is 5.11 Å². The molecule has 0 aliphatic carbocycles. The van der Waals surface area contributed by atoms with Crippen molar-refractivity contribution in [1.82, 2.24) is 0 Å². The first kappa shape index (κ1) is 10.1. The Kier molecular flexibility index (Phi) is 3.37. The molecule has 0 aliphatic heterocycles. The lowest BCUT2D eigenvalue weighted by molar-refractivity contribution is 0.161. The minimum absolute atomic E-state index is 0.170. The Hall–Kier alpha value is -0.960.